The van der Waals surface area contributed by atoms with Crippen molar-refractivity contribution in [3.8, 4) is 0 Å². The summed E-state index contributed by atoms with van der Waals surface area (Å²) >= 11 is 0. The van der Waals surface area contributed by atoms with E-state index in [-0.39, 0.29) is 42.7 Å². The lowest BCUT2D eigenvalue weighted by Crippen LogP contribution is -2.55. The predicted molar refractivity (Wildman–Crippen MR) is 204 cm³/mol. The molecule has 0 aromatic carbocycles. The third-order valence-corrected chi connectivity index (χ3v) is 9.12. The van der Waals surface area contributed by atoms with E-state index in [0.717, 1.165) is 57.8 Å². The van der Waals surface area contributed by atoms with Gasteiger partial charge >= 0.3 is 11.9 Å². The monoisotopic (exact) mass is 708 g/mol. The summed E-state index contributed by atoms with van der Waals surface area (Å²) in [4.78, 5) is 36.6. The number of hydrogen-bond donors (Lipinski definition) is 0. The number of nitrogens with zero attached hydrogens (tertiary/aromatic N) is 1. The molecule has 0 aromatic heterocycles. The van der Waals surface area contributed by atoms with Gasteiger partial charge in [-0.1, -0.05) is 141 Å². The van der Waals surface area contributed by atoms with Crippen LogP contribution in [0.3, 0.4) is 0 Å². The van der Waals surface area contributed by atoms with Gasteiger partial charge in [-0.3, -0.25) is 9.59 Å². The molecule has 0 N–H and O–H groups in total. The number of allylic oxidation sites excluding steroid dienone is 4. The molecular weight excluding hydrogens is 630 g/mol. The van der Waals surface area contributed by atoms with Gasteiger partial charge in [0.15, 0.2) is 6.10 Å². The predicted octanol–water partition coefficient (Wildman–Crippen LogP) is 9.19. The first-order valence-electron chi connectivity index (χ1n) is 20.4. The molecule has 8 nitrogen and oxygen atoms in total. The molecule has 0 aliphatic carbocycles. The van der Waals surface area contributed by atoms with Crippen molar-refractivity contribution in [3.05, 3.63) is 24.3 Å². The first kappa shape index (κ1) is 47.8. The fourth-order valence-corrected chi connectivity index (χ4v) is 5.88. The zero-order valence-corrected chi connectivity index (χ0v) is 33.1. The minimum Gasteiger partial charge on any atom is -0.544 e. The van der Waals surface area contributed by atoms with Crippen molar-refractivity contribution < 1.29 is 38.2 Å². The Hall–Kier alpha value is -2.19. The standard InChI is InChI=1S/C42H77NO7/c1-6-8-10-12-14-16-17-18-19-20-21-22-23-24-25-27-29-31-33-41(45)50-38(36-48-35-34-39(42(46)47)43(3,4)5)37-49-40(44)32-30-28-26-15-13-11-9-7-2/h19-22,38-39H,6-18,23-37H2,1-5H3/b20-19+,22-21+. The number of carbonyl (C=O) groups is 3. The summed E-state index contributed by atoms with van der Waals surface area (Å²) in [7, 11) is 5.39. The summed E-state index contributed by atoms with van der Waals surface area (Å²) in [6, 6.07) is -0.724. The van der Waals surface area contributed by atoms with E-state index in [1.54, 1.807) is 21.1 Å². The summed E-state index contributed by atoms with van der Waals surface area (Å²) in [6.45, 7) is 4.61. The third-order valence-electron chi connectivity index (χ3n) is 9.12. The highest BCUT2D eigenvalue weighted by molar-refractivity contribution is 5.70. The summed E-state index contributed by atoms with van der Waals surface area (Å²) in [5.41, 5.74) is 0. The highest BCUT2D eigenvalue weighted by Gasteiger charge is 2.25. The molecule has 0 aliphatic rings. The Kier molecular flexibility index (Phi) is 32.4. The topological polar surface area (TPSA) is 102 Å². The van der Waals surface area contributed by atoms with E-state index in [1.165, 1.54) is 83.5 Å². The lowest BCUT2D eigenvalue weighted by molar-refractivity contribution is -0.889. The van der Waals surface area contributed by atoms with Crippen LogP contribution in [0.5, 0.6) is 0 Å². The second-order valence-electron chi connectivity index (χ2n) is 14.9. The number of esters is 2. The minimum absolute atomic E-state index is 0.0372. The van der Waals surface area contributed by atoms with Gasteiger partial charge in [-0.2, -0.15) is 0 Å². The van der Waals surface area contributed by atoms with Crippen LogP contribution in [-0.2, 0) is 28.6 Å². The number of aliphatic carboxylic acids is 1. The third kappa shape index (κ3) is 31.8. The maximum Gasteiger partial charge on any atom is 0.306 e. The summed E-state index contributed by atoms with van der Waals surface area (Å²) in [5, 5.41) is 11.6. The van der Waals surface area contributed by atoms with Crippen molar-refractivity contribution in [2.45, 2.75) is 187 Å². The molecule has 0 saturated heterocycles. The Morgan fingerprint density at radius 2 is 1.04 bits per heavy atom. The van der Waals surface area contributed by atoms with Crippen molar-refractivity contribution in [2.75, 3.05) is 41.0 Å². The Morgan fingerprint density at radius 1 is 0.600 bits per heavy atom. The van der Waals surface area contributed by atoms with Gasteiger partial charge in [-0.05, 0) is 38.5 Å². The van der Waals surface area contributed by atoms with E-state index in [0.29, 0.717) is 12.8 Å². The molecule has 0 aliphatic heterocycles. The van der Waals surface area contributed by atoms with E-state index < -0.39 is 18.1 Å². The number of carboxylic acids is 1. The molecule has 0 spiro atoms. The largest absolute Gasteiger partial charge is 0.544 e. The van der Waals surface area contributed by atoms with Crippen molar-refractivity contribution in [1.29, 1.82) is 0 Å². The smallest absolute Gasteiger partial charge is 0.306 e. The van der Waals surface area contributed by atoms with Crippen molar-refractivity contribution in [2.24, 2.45) is 0 Å². The van der Waals surface area contributed by atoms with Gasteiger partial charge < -0.3 is 28.6 Å². The number of carbonyl (C=O) groups excluding carboxylic acids is 3. The summed E-state index contributed by atoms with van der Waals surface area (Å²) in [6.07, 6.45) is 34.9. The molecule has 0 rings (SSSR count). The highest BCUT2D eigenvalue weighted by Crippen LogP contribution is 2.13. The average Bonchev–Trinajstić information content (AvgIpc) is 3.06. The van der Waals surface area contributed by atoms with Gasteiger partial charge in [0.2, 0.25) is 0 Å². The van der Waals surface area contributed by atoms with Crippen LogP contribution in [0.4, 0.5) is 0 Å². The second-order valence-corrected chi connectivity index (χ2v) is 14.9. The zero-order valence-electron chi connectivity index (χ0n) is 33.1. The average molecular weight is 708 g/mol. The van der Waals surface area contributed by atoms with E-state index in [4.69, 9.17) is 14.2 Å². The van der Waals surface area contributed by atoms with Gasteiger partial charge in [0.05, 0.1) is 40.3 Å². The maximum absolute atomic E-state index is 12.6. The van der Waals surface area contributed by atoms with E-state index in [9.17, 15) is 19.5 Å². The number of unbranched alkanes of at least 4 members (excludes halogenated alkanes) is 19. The highest BCUT2D eigenvalue weighted by atomic mass is 16.6. The van der Waals surface area contributed by atoms with E-state index >= 15 is 0 Å². The number of quaternary nitrogens is 1. The van der Waals surface area contributed by atoms with Crippen LogP contribution in [-0.4, -0.2) is 75.5 Å². The molecule has 2 unspecified atom stereocenters. The number of ether oxygens (including phenoxy) is 3. The van der Waals surface area contributed by atoms with Crippen LogP contribution in [0, 0.1) is 0 Å². The van der Waals surface area contributed by atoms with Gasteiger partial charge in [0.25, 0.3) is 0 Å². The fraction of sp³-hybridized carbons (Fsp3) is 0.833. The van der Waals surface area contributed by atoms with Gasteiger partial charge in [0.1, 0.15) is 12.6 Å². The number of carboxylic acid groups (broad SMARTS) is 1. The van der Waals surface area contributed by atoms with Gasteiger partial charge in [0, 0.05) is 19.3 Å². The molecule has 50 heavy (non-hydrogen) atoms. The molecule has 0 amide bonds. The summed E-state index contributed by atoms with van der Waals surface area (Å²) < 4.78 is 17.1. The Morgan fingerprint density at radius 3 is 1.50 bits per heavy atom. The first-order chi connectivity index (χ1) is 24.1. The molecule has 2 atom stereocenters. The Labute approximate surface area is 307 Å². The Bertz CT molecular complexity index is 880. The SMILES string of the molecule is CCCCCCCCC/C=C/C=C/CCCCCCCC(=O)OC(COCCC(C(=O)[O-])[N+](C)(C)C)COC(=O)CCCCCCCCCC. The molecule has 0 radical (unpaired) electrons. The molecular formula is C42H77NO7. The van der Waals surface area contributed by atoms with Crippen LogP contribution in [0.15, 0.2) is 24.3 Å². The van der Waals surface area contributed by atoms with Crippen LogP contribution >= 0.6 is 0 Å². The molecule has 0 aromatic rings. The lowest BCUT2D eigenvalue weighted by atomic mass is 10.1. The normalized spacial score (nSPS) is 13.2. The van der Waals surface area contributed by atoms with Crippen LogP contribution in [0.25, 0.3) is 0 Å². The number of likely N-dealkylation sites (N-methyl/N-ethyl adjacent to an activating group) is 1. The van der Waals surface area contributed by atoms with Crippen molar-refractivity contribution in [1.82, 2.24) is 0 Å². The van der Waals surface area contributed by atoms with E-state index in [2.05, 4.69) is 38.2 Å². The molecule has 0 fully saturated rings. The number of rotatable bonds is 36. The van der Waals surface area contributed by atoms with Crippen molar-refractivity contribution >= 4 is 17.9 Å². The van der Waals surface area contributed by atoms with E-state index in [1.807, 2.05) is 0 Å². The second kappa shape index (κ2) is 33.9. The zero-order chi connectivity index (χ0) is 37.1. The number of hydrogen-bond acceptors (Lipinski definition) is 7. The van der Waals surface area contributed by atoms with Gasteiger partial charge in [-0.15, -0.1) is 0 Å². The van der Waals surface area contributed by atoms with Crippen LogP contribution < -0.4 is 5.11 Å². The van der Waals surface area contributed by atoms with Crippen LogP contribution in [0.2, 0.25) is 0 Å². The van der Waals surface area contributed by atoms with Gasteiger partial charge in [-0.25, -0.2) is 0 Å². The maximum atomic E-state index is 12.6. The molecule has 8 heteroatoms. The minimum atomic E-state index is -1.13. The molecule has 0 heterocycles. The van der Waals surface area contributed by atoms with Crippen molar-refractivity contribution in [3.63, 3.8) is 0 Å². The summed E-state index contributed by atoms with van der Waals surface area (Å²) in [5.74, 6) is -1.76. The molecule has 0 bridgehead atoms. The Balaban J connectivity index is 4.35. The van der Waals surface area contributed by atoms with Crippen LogP contribution in [0.1, 0.15) is 174 Å². The first-order valence-corrected chi connectivity index (χ1v) is 20.4. The molecule has 0 saturated carbocycles. The molecule has 292 valence electrons. The fourth-order valence-electron chi connectivity index (χ4n) is 5.88. The quantitative estimate of drug-likeness (QED) is 0.0277. The lowest BCUT2D eigenvalue weighted by Gasteiger charge is -2.34.